The number of carbonyl (C=O) groups excluding carboxylic acids is 1. The van der Waals surface area contributed by atoms with Gasteiger partial charge >= 0.3 is 6.41 Å². The lowest BCUT2D eigenvalue weighted by Gasteiger charge is -2.08. The van der Waals surface area contributed by atoms with Crippen LogP contribution in [0.5, 0.6) is 0 Å². The van der Waals surface area contributed by atoms with Gasteiger partial charge in [-0.2, -0.15) is 0 Å². The van der Waals surface area contributed by atoms with Crippen molar-refractivity contribution in [1.29, 1.82) is 0 Å². The van der Waals surface area contributed by atoms with Gasteiger partial charge in [0.15, 0.2) is 0 Å². The number of rotatable bonds is 3. The molecule has 1 N–H and O–H groups in total. The molecule has 0 atom stereocenters. The first-order valence-corrected chi connectivity index (χ1v) is 2.15. The van der Waals surface area contributed by atoms with Crippen LogP contribution in [0.2, 0.25) is 0 Å². The van der Waals surface area contributed by atoms with Crippen molar-refractivity contribution >= 4 is 6.41 Å². The molecule has 0 saturated heterocycles. The van der Waals surface area contributed by atoms with E-state index in [1.807, 2.05) is 6.92 Å². The molecule has 41 valence electrons. The third-order valence-corrected chi connectivity index (χ3v) is 0.711. The number of hydrogen-bond donors (Lipinski definition) is 1. The summed E-state index contributed by atoms with van der Waals surface area (Å²) in [5, 5.41) is 1.63. The quantitative estimate of drug-likeness (QED) is 0.384. The molecule has 0 fully saturated rings. The smallest absolute Gasteiger partial charge is 0.281 e. The van der Waals surface area contributed by atoms with E-state index >= 15 is 0 Å². The van der Waals surface area contributed by atoms with Crippen LogP contribution in [0.1, 0.15) is 6.92 Å². The van der Waals surface area contributed by atoms with Crippen LogP contribution >= 0.6 is 0 Å². The average molecular weight is 101 g/mol. The Morgan fingerprint density at radius 1 is 1.86 bits per heavy atom. The Hall–Kier alpha value is -0.570. The van der Waals surface area contributed by atoms with Gasteiger partial charge < -0.3 is 0 Å². The molecule has 0 bridgehead atoms. The number of nitrogens with one attached hydrogen (secondary N) is 1. The summed E-state index contributed by atoms with van der Waals surface area (Å²) >= 11 is 0. The van der Waals surface area contributed by atoms with Crippen LogP contribution in [0, 0.1) is 0 Å². The van der Waals surface area contributed by atoms with Crippen molar-refractivity contribution in [1.82, 2.24) is 10.4 Å². The minimum Gasteiger partial charge on any atom is -0.281 e. The summed E-state index contributed by atoms with van der Waals surface area (Å²) in [6.07, 6.45) is 1.54. The fourth-order valence-electron chi connectivity index (χ4n) is 0.157. The zero-order chi connectivity index (χ0) is 5.70. The molecular weight excluding hydrogens is 92.1 g/mol. The van der Waals surface area contributed by atoms with Gasteiger partial charge in [-0.15, -0.1) is 0 Å². The van der Waals surface area contributed by atoms with E-state index < -0.39 is 0 Å². The minimum atomic E-state index is 0.801. The van der Waals surface area contributed by atoms with Crippen LogP contribution < -0.4 is 5.43 Å². The largest absolute Gasteiger partial charge is 0.324 e. The van der Waals surface area contributed by atoms with Gasteiger partial charge in [0.1, 0.15) is 0 Å². The summed E-state index contributed by atoms with van der Waals surface area (Å²) in [6, 6.07) is 0. The molecule has 0 aliphatic rings. The van der Waals surface area contributed by atoms with Gasteiger partial charge in [-0.1, -0.05) is 6.92 Å². The van der Waals surface area contributed by atoms with Crippen molar-refractivity contribution in [2.45, 2.75) is 6.92 Å². The predicted molar refractivity (Wildman–Crippen MR) is 27.1 cm³/mol. The predicted octanol–water partition coefficient (Wildman–Crippen LogP) is -0.490. The topological polar surface area (TPSA) is 32.3 Å². The zero-order valence-electron chi connectivity index (χ0n) is 4.56. The van der Waals surface area contributed by atoms with E-state index in [1.54, 1.807) is 18.5 Å². The Morgan fingerprint density at radius 2 is 2.43 bits per heavy atom. The monoisotopic (exact) mass is 101 g/mol. The molecule has 0 aromatic rings. The van der Waals surface area contributed by atoms with Crippen LogP contribution in [0.3, 0.4) is 0 Å². The Kier molecular flexibility index (Phi) is 3.32. The Labute approximate surface area is 43.3 Å². The highest BCUT2D eigenvalue weighted by Gasteiger charge is 1.84. The number of nitrogens with zero attached hydrogens (tertiary/aromatic N) is 1. The molecular formula is C4H9N2O. The summed E-state index contributed by atoms with van der Waals surface area (Å²) in [5.74, 6) is 0. The standard InChI is InChI=1S/C4H9N2O/c1-3-6(2)5-4-7/h3H2,1-2H3,(H,5,7). The molecule has 7 heavy (non-hydrogen) atoms. The van der Waals surface area contributed by atoms with Crippen molar-refractivity contribution in [2.75, 3.05) is 13.6 Å². The Balaban J connectivity index is 2.98. The maximum Gasteiger partial charge on any atom is 0.324 e. The third-order valence-electron chi connectivity index (χ3n) is 0.711. The summed E-state index contributed by atoms with van der Waals surface area (Å²) in [7, 11) is 1.77. The molecule has 0 aliphatic carbocycles. The van der Waals surface area contributed by atoms with Crippen LogP contribution in [-0.4, -0.2) is 25.0 Å². The van der Waals surface area contributed by atoms with Crippen LogP contribution in [0.15, 0.2) is 0 Å². The van der Waals surface area contributed by atoms with E-state index in [9.17, 15) is 4.79 Å². The van der Waals surface area contributed by atoms with Crippen LogP contribution in [0.25, 0.3) is 0 Å². The maximum absolute atomic E-state index is 9.50. The van der Waals surface area contributed by atoms with E-state index in [1.165, 1.54) is 0 Å². The number of hydrogen-bond acceptors (Lipinski definition) is 2. The molecule has 3 nitrogen and oxygen atoms in total. The lowest BCUT2D eigenvalue weighted by Crippen LogP contribution is -2.32. The first kappa shape index (κ1) is 6.43. The summed E-state index contributed by atoms with van der Waals surface area (Å²) in [5.41, 5.74) is 2.32. The fraction of sp³-hybridized carbons (Fsp3) is 0.750. The number of hydrazine groups is 1. The first-order valence-electron chi connectivity index (χ1n) is 2.15. The highest BCUT2D eigenvalue weighted by Crippen LogP contribution is 1.65. The van der Waals surface area contributed by atoms with Gasteiger partial charge in [0.2, 0.25) is 0 Å². The molecule has 3 heteroatoms. The molecule has 0 unspecified atom stereocenters. The molecule has 1 radical (unpaired) electrons. The van der Waals surface area contributed by atoms with E-state index in [2.05, 4.69) is 5.43 Å². The van der Waals surface area contributed by atoms with E-state index in [0.717, 1.165) is 6.54 Å². The van der Waals surface area contributed by atoms with Crippen LogP contribution in [-0.2, 0) is 4.79 Å². The molecule has 0 aromatic carbocycles. The first-order chi connectivity index (χ1) is 3.31. The van der Waals surface area contributed by atoms with Crippen molar-refractivity contribution in [2.24, 2.45) is 0 Å². The van der Waals surface area contributed by atoms with E-state index in [-0.39, 0.29) is 0 Å². The molecule has 0 aliphatic heterocycles. The second-order valence-electron chi connectivity index (χ2n) is 1.23. The molecule has 0 spiro atoms. The van der Waals surface area contributed by atoms with Crippen molar-refractivity contribution in [3.05, 3.63) is 0 Å². The lowest BCUT2D eigenvalue weighted by molar-refractivity contribution is 0.300. The SMILES string of the molecule is CCN(C)N[C]=O. The molecule has 1 amide bonds. The zero-order valence-corrected chi connectivity index (χ0v) is 4.56. The van der Waals surface area contributed by atoms with Crippen molar-refractivity contribution in [3.63, 3.8) is 0 Å². The second-order valence-corrected chi connectivity index (χ2v) is 1.23. The second kappa shape index (κ2) is 3.61. The van der Waals surface area contributed by atoms with Crippen molar-refractivity contribution < 1.29 is 4.79 Å². The van der Waals surface area contributed by atoms with Gasteiger partial charge in [-0.3, -0.25) is 10.2 Å². The Bertz CT molecular complexity index is 55.7. The van der Waals surface area contributed by atoms with Crippen molar-refractivity contribution in [3.8, 4) is 0 Å². The molecule has 0 aromatic heterocycles. The summed E-state index contributed by atoms with van der Waals surface area (Å²) in [4.78, 5) is 9.50. The van der Waals surface area contributed by atoms with Gasteiger partial charge in [0, 0.05) is 13.6 Å². The molecule has 0 heterocycles. The van der Waals surface area contributed by atoms with Gasteiger partial charge in [-0.25, -0.2) is 5.01 Å². The lowest BCUT2D eigenvalue weighted by atomic mass is 10.7. The normalized spacial score (nSPS) is 9.00. The maximum atomic E-state index is 9.50. The van der Waals surface area contributed by atoms with Gasteiger partial charge in [0.25, 0.3) is 0 Å². The Morgan fingerprint density at radius 3 is 2.57 bits per heavy atom. The van der Waals surface area contributed by atoms with E-state index in [4.69, 9.17) is 0 Å². The van der Waals surface area contributed by atoms with Gasteiger partial charge in [0.05, 0.1) is 0 Å². The average Bonchev–Trinajstić information content (AvgIpc) is 1.68. The highest BCUT2D eigenvalue weighted by atomic mass is 16.1. The summed E-state index contributed by atoms with van der Waals surface area (Å²) < 4.78 is 0. The number of amides is 1. The molecule has 0 rings (SSSR count). The molecule has 0 saturated carbocycles. The van der Waals surface area contributed by atoms with E-state index in [0.29, 0.717) is 0 Å². The van der Waals surface area contributed by atoms with Crippen LogP contribution in [0.4, 0.5) is 0 Å². The third kappa shape index (κ3) is 3.26. The minimum absolute atomic E-state index is 0.801. The fourth-order valence-corrected chi connectivity index (χ4v) is 0.157. The highest BCUT2D eigenvalue weighted by molar-refractivity contribution is 5.45. The van der Waals surface area contributed by atoms with Gasteiger partial charge in [-0.05, 0) is 0 Å². The summed E-state index contributed by atoms with van der Waals surface area (Å²) in [6.45, 7) is 2.74.